The maximum absolute atomic E-state index is 12.7. The first-order valence-electron chi connectivity index (χ1n) is 8.11. The highest BCUT2D eigenvalue weighted by Gasteiger charge is 2.22. The molecular formula is C18H20N2O4S2. The molecule has 1 aliphatic rings. The molecule has 1 heterocycles. The summed E-state index contributed by atoms with van der Waals surface area (Å²) < 4.78 is 33.1. The molecule has 0 unspecified atom stereocenters. The first-order valence-corrected chi connectivity index (χ1v) is 10.5. The number of benzene rings is 2. The van der Waals surface area contributed by atoms with E-state index in [-0.39, 0.29) is 22.6 Å². The van der Waals surface area contributed by atoms with Crippen LogP contribution >= 0.6 is 11.8 Å². The fraction of sp³-hybridized carbons (Fsp3) is 0.278. The molecule has 6 nitrogen and oxygen atoms in total. The third kappa shape index (κ3) is 4.20. The van der Waals surface area contributed by atoms with Gasteiger partial charge in [-0.05, 0) is 24.3 Å². The summed E-state index contributed by atoms with van der Waals surface area (Å²) in [5.41, 5.74) is 1.27. The maximum Gasteiger partial charge on any atom is 0.240 e. The molecule has 1 amide bonds. The van der Waals surface area contributed by atoms with Gasteiger partial charge in [0.25, 0.3) is 0 Å². The predicted octanol–water partition coefficient (Wildman–Crippen LogP) is 3.00. The summed E-state index contributed by atoms with van der Waals surface area (Å²) in [6.45, 7) is 2.08. The minimum atomic E-state index is -3.73. The average Bonchev–Trinajstić information content (AvgIpc) is 2.75. The van der Waals surface area contributed by atoms with Crippen LogP contribution in [-0.4, -0.2) is 26.7 Å². The zero-order valence-corrected chi connectivity index (χ0v) is 16.1. The van der Waals surface area contributed by atoms with Gasteiger partial charge in [-0.3, -0.25) is 4.79 Å². The second-order valence-corrected chi connectivity index (χ2v) is 9.22. The molecule has 0 bridgehead atoms. The molecule has 2 aromatic rings. The molecule has 0 saturated heterocycles. The Kier molecular flexibility index (Phi) is 5.55. The Labute approximate surface area is 157 Å². The number of sulfonamides is 1. The van der Waals surface area contributed by atoms with Crippen molar-refractivity contribution in [3.63, 3.8) is 0 Å². The van der Waals surface area contributed by atoms with Gasteiger partial charge in [0.15, 0.2) is 0 Å². The minimum absolute atomic E-state index is 0.111. The molecule has 0 fully saturated rings. The lowest BCUT2D eigenvalue weighted by atomic mass is 10.2. The molecule has 0 saturated carbocycles. The molecule has 0 spiro atoms. The van der Waals surface area contributed by atoms with Gasteiger partial charge in [0.05, 0.1) is 17.7 Å². The Balaban J connectivity index is 1.83. The first-order chi connectivity index (χ1) is 12.4. The van der Waals surface area contributed by atoms with Crippen molar-refractivity contribution in [2.24, 2.45) is 0 Å². The third-order valence-electron chi connectivity index (χ3n) is 3.98. The van der Waals surface area contributed by atoms with E-state index in [1.165, 1.54) is 6.07 Å². The fourth-order valence-electron chi connectivity index (χ4n) is 2.70. The summed E-state index contributed by atoms with van der Waals surface area (Å²) in [5, 5.41) is 2.93. The van der Waals surface area contributed by atoms with Crippen LogP contribution in [0, 0.1) is 0 Å². The summed E-state index contributed by atoms with van der Waals surface area (Å²) in [5.74, 6) is 0.509. The van der Waals surface area contributed by atoms with E-state index < -0.39 is 10.0 Å². The summed E-state index contributed by atoms with van der Waals surface area (Å²) in [7, 11) is -2.18. The molecule has 8 heteroatoms. The van der Waals surface area contributed by atoms with Crippen LogP contribution in [0.1, 0.15) is 18.9 Å². The number of amides is 1. The van der Waals surface area contributed by atoms with Crippen LogP contribution in [0.5, 0.6) is 5.75 Å². The van der Waals surface area contributed by atoms with E-state index in [9.17, 15) is 13.2 Å². The lowest BCUT2D eigenvalue weighted by Crippen LogP contribution is -2.23. The van der Waals surface area contributed by atoms with Crippen molar-refractivity contribution in [1.82, 2.24) is 4.72 Å². The molecule has 138 valence electrons. The molecule has 3 rings (SSSR count). The standard InChI is InChI=1S/C18H20N2O4S2/c1-12-9-18(21)20-15-10-14(7-8-17(15)25-12)26(22,23)19-11-13-5-3-4-6-16(13)24-2/h3-8,10,12,19H,9,11H2,1-2H3,(H,20,21)/t12-/m0/s1. The van der Waals surface area contributed by atoms with Crippen LogP contribution in [-0.2, 0) is 21.4 Å². The number of fused-ring (bicyclic) bond motifs is 1. The van der Waals surface area contributed by atoms with Gasteiger partial charge in [-0.2, -0.15) is 0 Å². The molecule has 26 heavy (non-hydrogen) atoms. The van der Waals surface area contributed by atoms with Crippen molar-refractivity contribution in [3.05, 3.63) is 48.0 Å². The topological polar surface area (TPSA) is 84.5 Å². The highest BCUT2D eigenvalue weighted by Crippen LogP contribution is 2.36. The monoisotopic (exact) mass is 392 g/mol. The number of hydrogen-bond acceptors (Lipinski definition) is 5. The zero-order chi connectivity index (χ0) is 18.7. The second kappa shape index (κ2) is 7.69. The molecule has 0 aliphatic carbocycles. The van der Waals surface area contributed by atoms with Crippen molar-refractivity contribution in [1.29, 1.82) is 0 Å². The highest BCUT2D eigenvalue weighted by molar-refractivity contribution is 8.00. The molecule has 1 atom stereocenters. The molecule has 2 aromatic carbocycles. The minimum Gasteiger partial charge on any atom is -0.496 e. The van der Waals surface area contributed by atoms with Gasteiger partial charge in [-0.25, -0.2) is 13.1 Å². The third-order valence-corrected chi connectivity index (χ3v) is 6.56. The smallest absolute Gasteiger partial charge is 0.240 e. The van der Waals surface area contributed by atoms with Crippen LogP contribution in [0.25, 0.3) is 0 Å². The molecule has 2 N–H and O–H groups in total. The number of methoxy groups -OCH3 is 1. The number of para-hydroxylation sites is 1. The number of carbonyl (C=O) groups is 1. The van der Waals surface area contributed by atoms with Gasteiger partial charge in [-0.1, -0.05) is 25.1 Å². The van der Waals surface area contributed by atoms with Crippen LogP contribution in [0.2, 0.25) is 0 Å². The first kappa shape index (κ1) is 18.8. The number of thioether (sulfide) groups is 1. The quantitative estimate of drug-likeness (QED) is 0.817. The Morgan fingerprint density at radius 1 is 1.27 bits per heavy atom. The summed E-state index contributed by atoms with van der Waals surface area (Å²) >= 11 is 1.56. The second-order valence-electron chi connectivity index (χ2n) is 5.98. The zero-order valence-electron chi connectivity index (χ0n) is 14.5. The SMILES string of the molecule is COc1ccccc1CNS(=O)(=O)c1ccc2c(c1)NC(=O)C[C@H](C)S2. The molecule has 1 aliphatic heterocycles. The number of rotatable bonds is 5. The Morgan fingerprint density at radius 3 is 2.81 bits per heavy atom. The van der Waals surface area contributed by atoms with Crippen molar-refractivity contribution in [2.75, 3.05) is 12.4 Å². The van der Waals surface area contributed by atoms with Crippen molar-refractivity contribution >= 4 is 33.4 Å². The van der Waals surface area contributed by atoms with E-state index in [4.69, 9.17) is 4.74 Å². The van der Waals surface area contributed by atoms with E-state index in [0.717, 1.165) is 10.5 Å². The van der Waals surface area contributed by atoms with E-state index in [1.807, 2.05) is 19.1 Å². The summed E-state index contributed by atoms with van der Waals surface area (Å²) in [6.07, 6.45) is 0.396. The molecule has 0 radical (unpaired) electrons. The molecular weight excluding hydrogens is 372 g/mol. The van der Waals surface area contributed by atoms with Crippen LogP contribution < -0.4 is 14.8 Å². The predicted molar refractivity (Wildman–Crippen MR) is 102 cm³/mol. The number of hydrogen-bond donors (Lipinski definition) is 2. The van der Waals surface area contributed by atoms with E-state index >= 15 is 0 Å². The van der Waals surface area contributed by atoms with Crippen molar-refractivity contribution < 1.29 is 17.9 Å². The van der Waals surface area contributed by atoms with Crippen LogP contribution in [0.3, 0.4) is 0 Å². The fourth-order valence-corrected chi connectivity index (χ4v) is 4.79. The van der Waals surface area contributed by atoms with Crippen LogP contribution in [0.4, 0.5) is 5.69 Å². The Morgan fingerprint density at radius 2 is 2.04 bits per heavy atom. The summed E-state index contributed by atoms with van der Waals surface area (Å²) in [6, 6.07) is 12.0. The summed E-state index contributed by atoms with van der Waals surface area (Å²) in [4.78, 5) is 12.9. The average molecular weight is 393 g/mol. The highest BCUT2D eigenvalue weighted by atomic mass is 32.2. The van der Waals surface area contributed by atoms with Gasteiger partial charge < -0.3 is 10.1 Å². The van der Waals surface area contributed by atoms with Crippen molar-refractivity contribution in [3.8, 4) is 5.75 Å². The van der Waals surface area contributed by atoms with Gasteiger partial charge in [-0.15, -0.1) is 11.8 Å². The van der Waals surface area contributed by atoms with Crippen LogP contribution in [0.15, 0.2) is 52.3 Å². The number of ether oxygens (including phenoxy) is 1. The lowest BCUT2D eigenvalue weighted by Gasteiger charge is -2.12. The Hall–Kier alpha value is -2.03. The van der Waals surface area contributed by atoms with Gasteiger partial charge in [0, 0.05) is 28.7 Å². The lowest BCUT2D eigenvalue weighted by molar-refractivity contribution is -0.116. The Bertz CT molecular complexity index is 929. The van der Waals surface area contributed by atoms with Gasteiger partial charge in [0.1, 0.15) is 5.75 Å². The normalized spacial score (nSPS) is 17.2. The van der Waals surface area contributed by atoms with E-state index in [1.54, 1.807) is 43.1 Å². The number of anilines is 1. The van der Waals surface area contributed by atoms with Gasteiger partial charge in [0.2, 0.25) is 15.9 Å². The molecule has 0 aromatic heterocycles. The van der Waals surface area contributed by atoms with E-state index in [0.29, 0.717) is 17.9 Å². The van der Waals surface area contributed by atoms with Gasteiger partial charge >= 0.3 is 0 Å². The number of nitrogens with one attached hydrogen (secondary N) is 2. The number of carbonyl (C=O) groups excluding carboxylic acids is 1. The largest absolute Gasteiger partial charge is 0.496 e. The van der Waals surface area contributed by atoms with Crippen molar-refractivity contribution in [2.45, 2.75) is 34.9 Å². The van der Waals surface area contributed by atoms with E-state index in [2.05, 4.69) is 10.0 Å². The maximum atomic E-state index is 12.7.